The van der Waals surface area contributed by atoms with Crippen molar-refractivity contribution in [2.45, 2.75) is 13.0 Å². The van der Waals surface area contributed by atoms with E-state index in [1.807, 2.05) is 14.1 Å². The SMILES string of the molecule is CCOC(=O)C(c1ccc(Cl)nc1)N(C)C. The molecule has 0 aliphatic carbocycles. The van der Waals surface area contributed by atoms with Crippen molar-refractivity contribution >= 4 is 17.6 Å². The summed E-state index contributed by atoms with van der Waals surface area (Å²) >= 11 is 5.70. The van der Waals surface area contributed by atoms with Crippen LogP contribution >= 0.6 is 11.6 Å². The summed E-state index contributed by atoms with van der Waals surface area (Å²) in [6.07, 6.45) is 1.59. The summed E-state index contributed by atoms with van der Waals surface area (Å²) in [7, 11) is 3.63. The molecule has 1 heterocycles. The van der Waals surface area contributed by atoms with Crippen molar-refractivity contribution in [2.75, 3.05) is 20.7 Å². The fourth-order valence-corrected chi connectivity index (χ4v) is 1.53. The molecular formula is C11H15ClN2O2. The highest BCUT2D eigenvalue weighted by atomic mass is 35.5. The summed E-state index contributed by atoms with van der Waals surface area (Å²) in [5, 5.41) is 0.408. The summed E-state index contributed by atoms with van der Waals surface area (Å²) in [6.45, 7) is 2.15. The number of likely N-dealkylation sites (N-methyl/N-ethyl adjacent to an activating group) is 1. The van der Waals surface area contributed by atoms with E-state index < -0.39 is 6.04 Å². The molecule has 0 saturated carbocycles. The van der Waals surface area contributed by atoms with Crippen LogP contribution < -0.4 is 0 Å². The van der Waals surface area contributed by atoms with E-state index in [0.29, 0.717) is 11.8 Å². The van der Waals surface area contributed by atoms with Gasteiger partial charge < -0.3 is 4.74 Å². The first-order valence-electron chi connectivity index (χ1n) is 5.00. The van der Waals surface area contributed by atoms with Gasteiger partial charge in [-0.25, -0.2) is 9.78 Å². The van der Waals surface area contributed by atoms with Gasteiger partial charge in [0.1, 0.15) is 11.2 Å². The van der Waals surface area contributed by atoms with Gasteiger partial charge >= 0.3 is 5.97 Å². The van der Waals surface area contributed by atoms with E-state index in [2.05, 4.69) is 4.98 Å². The van der Waals surface area contributed by atoms with Gasteiger partial charge in [0.25, 0.3) is 0 Å². The topological polar surface area (TPSA) is 42.4 Å². The lowest BCUT2D eigenvalue weighted by atomic mass is 10.1. The van der Waals surface area contributed by atoms with E-state index in [9.17, 15) is 4.79 Å². The predicted octanol–water partition coefficient (Wildman–Crippen LogP) is 1.90. The second-order valence-corrected chi connectivity index (χ2v) is 3.92. The fraction of sp³-hybridized carbons (Fsp3) is 0.455. The van der Waals surface area contributed by atoms with Crippen molar-refractivity contribution in [3.8, 4) is 0 Å². The Labute approximate surface area is 100 Å². The van der Waals surface area contributed by atoms with Crippen LogP contribution in [-0.4, -0.2) is 36.6 Å². The average molecular weight is 243 g/mol. The molecule has 0 fully saturated rings. The summed E-state index contributed by atoms with van der Waals surface area (Å²) in [5.74, 6) is -0.281. The molecule has 1 unspecified atom stereocenters. The number of carbonyl (C=O) groups is 1. The van der Waals surface area contributed by atoms with Gasteiger partial charge in [0, 0.05) is 6.20 Å². The molecule has 1 atom stereocenters. The molecule has 5 heteroatoms. The number of carbonyl (C=O) groups excluding carboxylic acids is 1. The van der Waals surface area contributed by atoms with Crippen molar-refractivity contribution in [1.82, 2.24) is 9.88 Å². The summed E-state index contributed by atoms with van der Waals surface area (Å²) in [5.41, 5.74) is 0.771. The van der Waals surface area contributed by atoms with Crippen molar-refractivity contribution in [2.24, 2.45) is 0 Å². The number of pyridine rings is 1. The molecule has 16 heavy (non-hydrogen) atoms. The lowest BCUT2D eigenvalue weighted by Crippen LogP contribution is -2.29. The number of halogens is 1. The molecule has 0 aliphatic rings. The minimum absolute atomic E-state index is 0.281. The molecule has 0 N–H and O–H groups in total. The van der Waals surface area contributed by atoms with E-state index in [1.54, 1.807) is 30.2 Å². The molecule has 1 rings (SSSR count). The highest BCUT2D eigenvalue weighted by molar-refractivity contribution is 6.29. The van der Waals surface area contributed by atoms with Gasteiger partial charge in [-0.15, -0.1) is 0 Å². The van der Waals surface area contributed by atoms with E-state index in [0.717, 1.165) is 5.56 Å². The Morgan fingerprint density at radius 3 is 2.69 bits per heavy atom. The Morgan fingerprint density at radius 1 is 1.56 bits per heavy atom. The summed E-state index contributed by atoms with van der Waals surface area (Å²) in [4.78, 5) is 17.5. The molecule has 0 amide bonds. The monoisotopic (exact) mass is 242 g/mol. The largest absolute Gasteiger partial charge is 0.465 e. The molecule has 1 aromatic rings. The van der Waals surface area contributed by atoms with Crippen LogP contribution in [0.4, 0.5) is 0 Å². The zero-order valence-electron chi connectivity index (χ0n) is 9.61. The molecule has 88 valence electrons. The van der Waals surface area contributed by atoms with Gasteiger partial charge in [-0.2, -0.15) is 0 Å². The van der Waals surface area contributed by atoms with Crippen LogP contribution in [0.3, 0.4) is 0 Å². The lowest BCUT2D eigenvalue weighted by Gasteiger charge is -2.22. The van der Waals surface area contributed by atoms with Gasteiger partial charge in [-0.3, -0.25) is 4.90 Å². The number of rotatable bonds is 4. The summed E-state index contributed by atoms with van der Waals surface area (Å²) < 4.78 is 5.01. The Balaban J connectivity index is 2.93. The van der Waals surface area contributed by atoms with Crippen LogP contribution in [0.2, 0.25) is 5.15 Å². The Morgan fingerprint density at radius 2 is 2.25 bits per heavy atom. The van der Waals surface area contributed by atoms with Crippen molar-refractivity contribution in [3.63, 3.8) is 0 Å². The van der Waals surface area contributed by atoms with Crippen LogP contribution in [0.15, 0.2) is 18.3 Å². The van der Waals surface area contributed by atoms with E-state index >= 15 is 0 Å². The zero-order valence-corrected chi connectivity index (χ0v) is 10.4. The number of hydrogen-bond acceptors (Lipinski definition) is 4. The first-order valence-corrected chi connectivity index (χ1v) is 5.38. The maximum atomic E-state index is 11.7. The average Bonchev–Trinajstić information content (AvgIpc) is 2.21. The third kappa shape index (κ3) is 3.18. The molecule has 1 aromatic heterocycles. The van der Waals surface area contributed by atoms with Gasteiger partial charge in [-0.05, 0) is 32.6 Å². The Kier molecular flexibility index (Phi) is 4.71. The van der Waals surface area contributed by atoms with Gasteiger partial charge in [0.05, 0.1) is 6.61 Å². The number of aromatic nitrogens is 1. The van der Waals surface area contributed by atoms with Crippen LogP contribution in [0, 0.1) is 0 Å². The van der Waals surface area contributed by atoms with Gasteiger partial charge in [-0.1, -0.05) is 17.7 Å². The van der Waals surface area contributed by atoms with E-state index in [1.165, 1.54) is 0 Å². The third-order valence-corrected chi connectivity index (χ3v) is 2.32. The number of ether oxygens (including phenoxy) is 1. The molecular weight excluding hydrogens is 228 g/mol. The van der Waals surface area contributed by atoms with Crippen molar-refractivity contribution < 1.29 is 9.53 Å². The molecule has 4 nitrogen and oxygen atoms in total. The first-order chi connectivity index (χ1) is 7.56. The standard InChI is InChI=1S/C11H15ClN2O2/c1-4-16-11(15)10(14(2)3)8-5-6-9(12)13-7-8/h5-7,10H,4H2,1-3H3. The maximum absolute atomic E-state index is 11.7. The molecule has 0 aromatic carbocycles. The quantitative estimate of drug-likeness (QED) is 0.598. The second kappa shape index (κ2) is 5.82. The van der Waals surface area contributed by atoms with Crippen LogP contribution in [0.25, 0.3) is 0 Å². The highest BCUT2D eigenvalue weighted by Crippen LogP contribution is 2.20. The van der Waals surface area contributed by atoms with Crippen molar-refractivity contribution in [1.29, 1.82) is 0 Å². The fourth-order valence-electron chi connectivity index (χ4n) is 1.42. The normalized spacial score (nSPS) is 12.6. The van der Waals surface area contributed by atoms with Crippen molar-refractivity contribution in [3.05, 3.63) is 29.0 Å². The Bertz CT molecular complexity index is 352. The highest BCUT2D eigenvalue weighted by Gasteiger charge is 2.24. The van der Waals surface area contributed by atoms with Crippen LogP contribution in [0.5, 0.6) is 0 Å². The molecule has 0 saturated heterocycles. The van der Waals surface area contributed by atoms with Gasteiger partial charge in [0.15, 0.2) is 0 Å². The maximum Gasteiger partial charge on any atom is 0.328 e. The number of nitrogens with zero attached hydrogens (tertiary/aromatic N) is 2. The number of hydrogen-bond donors (Lipinski definition) is 0. The second-order valence-electron chi connectivity index (χ2n) is 3.53. The third-order valence-electron chi connectivity index (χ3n) is 2.09. The molecule has 0 radical (unpaired) electrons. The van der Waals surface area contributed by atoms with Gasteiger partial charge in [0.2, 0.25) is 0 Å². The van der Waals surface area contributed by atoms with E-state index in [4.69, 9.17) is 16.3 Å². The molecule has 0 spiro atoms. The lowest BCUT2D eigenvalue weighted by molar-refractivity contribution is -0.148. The minimum Gasteiger partial charge on any atom is -0.465 e. The van der Waals surface area contributed by atoms with E-state index in [-0.39, 0.29) is 5.97 Å². The molecule has 0 aliphatic heterocycles. The summed E-state index contributed by atoms with van der Waals surface area (Å²) in [6, 6.07) is 2.99. The van der Waals surface area contributed by atoms with Crippen LogP contribution in [0.1, 0.15) is 18.5 Å². The predicted molar refractivity (Wildman–Crippen MR) is 62.3 cm³/mol. The smallest absolute Gasteiger partial charge is 0.328 e. The first kappa shape index (κ1) is 12.9. The van der Waals surface area contributed by atoms with Crippen LogP contribution in [-0.2, 0) is 9.53 Å². The Hall–Kier alpha value is -1.13. The minimum atomic E-state index is -0.440. The number of esters is 1. The zero-order chi connectivity index (χ0) is 12.1. The molecule has 0 bridgehead atoms.